The molecule has 1 aromatic carbocycles. The van der Waals surface area contributed by atoms with E-state index in [1.54, 1.807) is 6.07 Å². The van der Waals surface area contributed by atoms with E-state index in [1.165, 1.54) is 0 Å². The smallest absolute Gasteiger partial charge is 0.307 e. The Morgan fingerprint density at radius 3 is 2.76 bits per heavy atom. The molecule has 1 N–H and O–H groups in total. The van der Waals surface area contributed by atoms with Gasteiger partial charge in [0.1, 0.15) is 11.4 Å². The Hall–Kier alpha value is -2.05. The van der Waals surface area contributed by atoms with Gasteiger partial charge in [0.25, 0.3) is 0 Å². The second kappa shape index (κ2) is 8.76. The lowest BCUT2D eigenvalue weighted by Gasteiger charge is -2.41. The van der Waals surface area contributed by atoms with E-state index in [9.17, 15) is 9.90 Å². The predicted octanol–water partition coefficient (Wildman–Crippen LogP) is 4.96. The summed E-state index contributed by atoms with van der Waals surface area (Å²) in [4.78, 5) is 13.8. The van der Waals surface area contributed by atoms with Gasteiger partial charge in [0.2, 0.25) is 0 Å². The SMILES string of the molecule is CCOc1ccc(Cl)cc1-c1cc(CN2CC(C(=O)O)CC(C(C)(C)C)C2)on1. The van der Waals surface area contributed by atoms with Gasteiger partial charge in [0.05, 0.1) is 19.1 Å². The molecular weight excluding hydrogens is 392 g/mol. The van der Waals surface area contributed by atoms with Crippen LogP contribution in [0.1, 0.15) is 39.9 Å². The average Bonchev–Trinajstić information content (AvgIpc) is 3.10. The molecule has 1 fully saturated rings. The van der Waals surface area contributed by atoms with E-state index in [2.05, 4.69) is 30.8 Å². The van der Waals surface area contributed by atoms with Crippen LogP contribution in [0.25, 0.3) is 11.3 Å². The number of carboxylic acids is 1. The Morgan fingerprint density at radius 1 is 1.34 bits per heavy atom. The molecule has 2 unspecified atom stereocenters. The van der Waals surface area contributed by atoms with Crippen LogP contribution in [0.4, 0.5) is 0 Å². The molecule has 0 radical (unpaired) electrons. The number of hydrogen-bond acceptors (Lipinski definition) is 5. The number of aliphatic carboxylic acids is 1. The summed E-state index contributed by atoms with van der Waals surface area (Å²) in [5.41, 5.74) is 1.49. The van der Waals surface area contributed by atoms with Crippen LogP contribution in [-0.2, 0) is 11.3 Å². The second-order valence-electron chi connectivity index (χ2n) is 8.78. The fourth-order valence-corrected chi connectivity index (χ4v) is 4.02. The van der Waals surface area contributed by atoms with Gasteiger partial charge in [-0.25, -0.2) is 0 Å². The van der Waals surface area contributed by atoms with Crippen LogP contribution in [0.15, 0.2) is 28.8 Å². The molecule has 29 heavy (non-hydrogen) atoms. The third-order valence-electron chi connectivity index (χ3n) is 5.56. The second-order valence-corrected chi connectivity index (χ2v) is 9.22. The van der Waals surface area contributed by atoms with Crippen molar-refractivity contribution in [2.24, 2.45) is 17.3 Å². The number of benzene rings is 1. The average molecular weight is 421 g/mol. The summed E-state index contributed by atoms with van der Waals surface area (Å²) >= 11 is 6.16. The first-order chi connectivity index (χ1) is 13.7. The van der Waals surface area contributed by atoms with Crippen molar-refractivity contribution in [2.75, 3.05) is 19.7 Å². The lowest BCUT2D eigenvalue weighted by molar-refractivity contribution is -0.145. The number of rotatable bonds is 6. The van der Waals surface area contributed by atoms with Crippen molar-refractivity contribution in [1.29, 1.82) is 0 Å². The molecule has 1 aliphatic rings. The van der Waals surface area contributed by atoms with E-state index >= 15 is 0 Å². The van der Waals surface area contributed by atoms with Crippen molar-refractivity contribution in [3.05, 3.63) is 35.0 Å². The third-order valence-corrected chi connectivity index (χ3v) is 5.79. The molecule has 158 valence electrons. The highest BCUT2D eigenvalue weighted by molar-refractivity contribution is 6.30. The van der Waals surface area contributed by atoms with Crippen LogP contribution >= 0.6 is 11.6 Å². The first-order valence-electron chi connectivity index (χ1n) is 10.0. The predicted molar refractivity (Wildman–Crippen MR) is 112 cm³/mol. The minimum absolute atomic E-state index is 0.0477. The summed E-state index contributed by atoms with van der Waals surface area (Å²) in [5.74, 6) is 0.599. The summed E-state index contributed by atoms with van der Waals surface area (Å²) in [6.45, 7) is 10.8. The molecule has 0 spiro atoms. The minimum Gasteiger partial charge on any atom is -0.493 e. The lowest BCUT2D eigenvalue weighted by Crippen LogP contribution is -2.46. The molecule has 0 bridgehead atoms. The zero-order valence-corrected chi connectivity index (χ0v) is 18.2. The van der Waals surface area contributed by atoms with Crippen molar-refractivity contribution in [2.45, 2.75) is 40.7 Å². The fraction of sp³-hybridized carbons (Fsp3) is 0.545. The summed E-state index contributed by atoms with van der Waals surface area (Å²) in [6.07, 6.45) is 0.706. The van der Waals surface area contributed by atoms with Crippen molar-refractivity contribution in [3.63, 3.8) is 0 Å². The Bertz CT molecular complexity index is 859. The summed E-state index contributed by atoms with van der Waals surface area (Å²) in [6, 6.07) is 7.30. The number of likely N-dealkylation sites (tertiary alicyclic amines) is 1. The van der Waals surface area contributed by atoms with Gasteiger partial charge in [-0.05, 0) is 42.9 Å². The summed E-state index contributed by atoms with van der Waals surface area (Å²) < 4.78 is 11.3. The number of nitrogens with zero attached hydrogens (tertiary/aromatic N) is 2. The third kappa shape index (κ3) is 5.31. The van der Waals surface area contributed by atoms with E-state index in [1.807, 2.05) is 25.1 Å². The van der Waals surface area contributed by atoms with Gasteiger partial charge in [0.15, 0.2) is 5.76 Å². The molecule has 1 aromatic heterocycles. The van der Waals surface area contributed by atoms with Crippen molar-refractivity contribution in [1.82, 2.24) is 10.1 Å². The molecular formula is C22H29ClN2O4. The Kier molecular flexibility index (Phi) is 6.54. The maximum absolute atomic E-state index is 11.7. The first-order valence-corrected chi connectivity index (χ1v) is 10.4. The Labute approximate surface area is 176 Å². The molecule has 0 amide bonds. The standard InChI is InChI=1S/C22H29ClN2O4/c1-5-28-20-7-6-16(23)9-18(20)19-10-17(29-24-19)13-25-11-14(21(26)27)8-15(12-25)22(2,3)4/h6-7,9-10,14-15H,5,8,11-13H2,1-4H3,(H,26,27). The minimum atomic E-state index is -0.734. The zero-order valence-electron chi connectivity index (χ0n) is 17.4. The number of hydrogen-bond donors (Lipinski definition) is 1. The van der Waals surface area contributed by atoms with Crippen LogP contribution < -0.4 is 4.74 Å². The van der Waals surface area contributed by atoms with Crippen molar-refractivity contribution >= 4 is 17.6 Å². The number of piperidine rings is 1. The summed E-state index contributed by atoms with van der Waals surface area (Å²) in [5, 5.41) is 14.4. The highest BCUT2D eigenvalue weighted by atomic mass is 35.5. The molecule has 0 aliphatic carbocycles. The van der Waals surface area contributed by atoms with E-state index in [0.29, 0.717) is 54.3 Å². The van der Waals surface area contributed by atoms with Crippen LogP contribution in [0, 0.1) is 17.3 Å². The Morgan fingerprint density at radius 2 is 2.10 bits per heavy atom. The van der Waals surface area contributed by atoms with Gasteiger partial charge in [-0.1, -0.05) is 37.5 Å². The van der Waals surface area contributed by atoms with E-state index in [-0.39, 0.29) is 11.3 Å². The van der Waals surface area contributed by atoms with E-state index in [4.69, 9.17) is 20.9 Å². The highest BCUT2D eigenvalue weighted by Crippen LogP contribution is 2.37. The summed E-state index contributed by atoms with van der Waals surface area (Å²) in [7, 11) is 0. The van der Waals surface area contributed by atoms with Gasteiger partial charge >= 0.3 is 5.97 Å². The molecule has 6 nitrogen and oxygen atoms in total. The topological polar surface area (TPSA) is 75.8 Å². The van der Waals surface area contributed by atoms with Crippen molar-refractivity contribution < 1.29 is 19.2 Å². The normalized spacial score (nSPS) is 20.6. The molecule has 2 heterocycles. The van der Waals surface area contributed by atoms with Crippen molar-refractivity contribution in [3.8, 4) is 17.0 Å². The molecule has 2 atom stereocenters. The number of ether oxygens (including phenoxy) is 1. The highest BCUT2D eigenvalue weighted by Gasteiger charge is 2.37. The fourth-order valence-electron chi connectivity index (χ4n) is 3.84. The largest absolute Gasteiger partial charge is 0.493 e. The van der Waals surface area contributed by atoms with Gasteiger partial charge in [-0.3, -0.25) is 9.69 Å². The number of carbonyl (C=O) groups is 1. The molecule has 1 aliphatic heterocycles. The van der Waals surface area contributed by atoms with Crippen LogP contribution in [0.3, 0.4) is 0 Å². The maximum atomic E-state index is 11.7. The number of halogens is 1. The van der Waals surface area contributed by atoms with Gasteiger partial charge in [-0.2, -0.15) is 0 Å². The van der Waals surface area contributed by atoms with Gasteiger partial charge in [-0.15, -0.1) is 0 Å². The molecule has 3 rings (SSSR count). The molecule has 2 aromatic rings. The lowest BCUT2D eigenvalue weighted by atomic mass is 9.73. The van der Waals surface area contributed by atoms with E-state index < -0.39 is 5.97 Å². The number of carboxylic acid groups (broad SMARTS) is 1. The van der Waals surface area contributed by atoms with Crippen LogP contribution in [0.2, 0.25) is 5.02 Å². The quantitative estimate of drug-likeness (QED) is 0.711. The van der Waals surface area contributed by atoms with E-state index in [0.717, 1.165) is 12.1 Å². The van der Waals surface area contributed by atoms with Crippen LogP contribution in [-0.4, -0.2) is 40.8 Å². The monoisotopic (exact) mass is 420 g/mol. The molecule has 7 heteroatoms. The maximum Gasteiger partial charge on any atom is 0.307 e. The number of aromatic nitrogens is 1. The Balaban J connectivity index is 1.79. The van der Waals surface area contributed by atoms with Gasteiger partial charge in [0, 0.05) is 29.7 Å². The first kappa shape index (κ1) is 21.7. The molecule has 0 saturated carbocycles. The van der Waals surface area contributed by atoms with Crippen LogP contribution in [0.5, 0.6) is 5.75 Å². The molecule has 1 saturated heterocycles. The zero-order chi connectivity index (χ0) is 21.2. The van der Waals surface area contributed by atoms with Gasteiger partial charge < -0.3 is 14.4 Å².